The summed E-state index contributed by atoms with van der Waals surface area (Å²) in [5.41, 5.74) is 7.92. The van der Waals surface area contributed by atoms with Crippen LogP contribution in [0.4, 0.5) is 0 Å². The van der Waals surface area contributed by atoms with Gasteiger partial charge >= 0.3 is 0 Å². The van der Waals surface area contributed by atoms with E-state index in [1.807, 2.05) is 0 Å². The molecule has 2 nitrogen and oxygen atoms in total. The summed E-state index contributed by atoms with van der Waals surface area (Å²) in [7, 11) is 0. The van der Waals surface area contributed by atoms with Crippen molar-refractivity contribution < 1.29 is 0 Å². The number of likely N-dealkylation sites (N-methyl/N-ethyl adjacent to an activating group) is 1. The Hall–Kier alpha value is -0.860. The third-order valence-electron chi connectivity index (χ3n) is 4.61. The molecular weight excluding hydrogens is 244 g/mol. The second kappa shape index (κ2) is 7.24. The molecule has 1 aliphatic carbocycles. The van der Waals surface area contributed by atoms with E-state index in [2.05, 4.69) is 56.0 Å². The Labute approximate surface area is 124 Å². The van der Waals surface area contributed by atoms with Gasteiger partial charge in [0.1, 0.15) is 0 Å². The van der Waals surface area contributed by atoms with E-state index < -0.39 is 0 Å². The van der Waals surface area contributed by atoms with Crippen molar-refractivity contribution in [1.82, 2.24) is 4.90 Å². The van der Waals surface area contributed by atoms with Gasteiger partial charge in [0, 0.05) is 18.6 Å². The van der Waals surface area contributed by atoms with Gasteiger partial charge in [-0.3, -0.25) is 4.90 Å². The Morgan fingerprint density at radius 1 is 1.20 bits per heavy atom. The number of hydrogen-bond acceptors (Lipinski definition) is 2. The van der Waals surface area contributed by atoms with Crippen LogP contribution in [0.15, 0.2) is 30.3 Å². The standard InChI is InChI=1S/C18H30N2/c1-4-20(13-14(2)3)18-12-16(10-11-17(18)19)15-8-6-5-7-9-15/h5-9,14,16-18H,4,10-13,19H2,1-3H3. The maximum Gasteiger partial charge on any atom is 0.0253 e. The first kappa shape index (κ1) is 15.5. The molecule has 0 heterocycles. The molecule has 2 N–H and O–H groups in total. The summed E-state index contributed by atoms with van der Waals surface area (Å²) in [6.07, 6.45) is 3.60. The lowest BCUT2D eigenvalue weighted by Crippen LogP contribution is -2.51. The van der Waals surface area contributed by atoms with E-state index in [-0.39, 0.29) is 0 Å². The van der Waals surface area contributed by atoms with Gasteiger partial charge in [-0.05, 0) is 43.2 Å². The molecule has 112 valence electrons. The molecule has 1 aliphatic rings. The van der Waals surface area contributed by atoms with Crippen LogP contribution in [0.3, 0.4) is 0 Å². The molecule has 0 aliphatic heterocycles. The number of benzene rings is 1. The molecule has 0 spiro atoms. The number of hydrogen-bond donors (Lipinski definition) is 1. The smallest absolute Gasteiger partial charge is 0.0253 e. The lowest BCUT2D eigenvalue weighted by atomic mass is 9.78. The maximum atomic E-state index is 6.43. The average Bonchev–Trinajstić information content (AvgIpc) is 2.46. The van der Waals surface area contributed by atoms with E-state index in [1.165, 1.54) is 18.4 Å². The van der Waals surface area contributed by atoms with Crippen molar-refractivity contribution in [2.45, 2.75) is 58.0 Å². The molecule has 0 aromatic heterocycles. The molecule has 3 atom stereocenters. The molecule has 1 aromatic carbocycles. The van der Waals surface area contributed by atoms with E-state index in [4.69, 9.17) is 5.73 Å². The van der Waals surface area contributed by atoms with E-state index in [9.17, 15) is 0 Å². The monoisotopic (exact) mass is 274 g/mol. The highest BCUT2D eigenvalue weighted by Gasteiger charge is 2.32. The Kier molecular flexibility index (Phi) is 5.62. The van der Waals surface area contributed by atoms with Crippen molar-refractivity contribution >= 4 is 0 Å². The van der Waals surface area contributed by atoms with Crippen LogP contribution in [0.2, 0.25) is 0 Å². The number of nitrogens with two attached hydrogens (primary N) is 1. The molecule has 0 radical (unpaired) electrons. The minimum absolute atomic E-state index is 0.341. The van der Waals surface area contributed by atoms with Crippen molar-refractivity contribution in [2.75, 3.05) is 13.1 Å². The average molecular weight is 274 g/mol. The molecule has 0 bridgehead atoms. The van der Waals surface area contributed by atoms with Crippen molar-refractivity contribution in [3.63, 3.8) is 0 Å². The van der Waals surface area contributed by atoms with Crippen LogP contribution < -0.4 is 5.73 Å². The molecule has 2 heteroatoms. The fourth-order valence-electron chi connectivity index (χ4n) is 3.59. The first-order valence-corrected chi connectivity index (χ1v) is 8.16. The van der Waals surface area contributed by atoms with E-state index >= 15 is 0 Å². The Morgan fingerprint density at radius 2 is 1.90 bits per heavy atom. The Morgan fingerprint density at radius 3 is 2.50 bits per heavy atom. The fourth-order valence-corrected chi connectivity index (χ4v) is 3.59. The Bertz CT molecular complexity index is 388. The van der Waals surface area contributed by atoms with Crippen molar-refractivity contribution in [2.24, 2.45) is 11.7 Å². The normalized spacial score (nSPS) is 27.2. The van der Waals surface area contributed by atoms with Crippen molar-refractivity contribution in [1.29, 1.82) is 0 Å². The minimum atomic E-state index is 0.341. The zero-order valence-corrected chi connectivity index (χ0v) is 13.3. The first-order chi connectivity index (χ1) is 9.61. The van der Waals surface area contributed by atoms with Crippen LogP contribution in [0, 0.1) is 5.92 Å². The number of rotatable bonds is 5. The SMILES string of the molecule is CCN(CC(C)C)C1CC(c2ccccc2)CCC1N. The summed E-state index contributed by atoms with van der Waals surface area (Å²) in [4.78, 5) is 2.60. The van der Waals surface area contributed by atoms with Gasteiger partial charge < -0.3 is 5.73 Å². The summed E-state index contributed by atoms with van der Waals surface area (Å²) < 4.78 is 0. The highest BCUT2D eigenvalue weighted by molar-refractivity contribution is 5.21. The van der Waals surface area contributed by atoms with Crippen LogP contribution in [0.1, 0.15) is 51.5 Å². The molecule has 2 rings (SSSR count). The molecule has 0 amide bonds. The zero-order valence-electron chi connectivity index (χ0n) is 13.3. The molecule has 1 saturated carbocycles. The summed E-state index contributed by atoms with van der Waals surface area (Å²) in [5, 5.41) is 0. The zero-order chi connectivity index (χ0) is 14.5. The van der Waals surface area contributed by atoms with Gasteiger partial charge in [0.05, 0.1) is 0 Å². The van der Waals surface area contributed by atoms with E-state index in [0.717, 1.165) is 19.5 Å². The summed E-state index contributed by atoms with van der Waals surface area (Å²) in [6, 6.07) is 11.9. The lowest BCUT2D eigenvalue weighted by molar-refractivity contribution is 0.121. The lowest BCUT2D eigenvalue weighted by Gasteiger charge is -2.42. The first-order valence-electron chi connectivity index (χ1n) is 8.16. The minimum Gasteiger partial charge on any atom is -0.326 e. The molecular formula is C18H30N2. The second-order valence-corrected chi connectivity index (χ2v) is 6.63. The van der Waals surface area contributed by atoms with E-state index in [0.29, 0.717) is 23.9 Å². The molecule has 0 saturated heterocycles. The quantitative estimate of drug-likeness (QED) is 0.888. The molecule has 3 unspecified atom stereocenters. The van der Waals surface area contributed by atoms with Gasteiger partial charge in [-0.15, -0.1) is 0 Å². The van der Waals surface area contributed by atoms with Crippen molar-refractivity contribution in [3.05, 3.63) is 35.9 Å². The summed E-state index contributed by atoms with van der Waals surface area (Å²) >= 11 is 0. The van der Waals surface area contributed by atoms with Gasteiger partial charge in [-0.25, -0.2) is 0 Å². The molecule has 1 fully saturated rings. The van der Waals surface area contributed by atoms with Gasteiger partial charge in [-0.2, -0.15) is 0 Å². The van der Waals surface area contributed by atoms with Crippen molar-refractivity contribution in [3.8, 4) is 0 Å². The van der Waals surface area contributed by atoms with E-state index in [1.54, 1.807) is 0 Å². The van der Waals surface area contributed by atoms with Crippen LogP contribution in [0.25, 0.3) is 0 Å². The summed E-state index contributed by atoms with van der Waals surface area (Å²) in [6.45, 7) is 9.13. The highest BCUT2D eigenvalue weighted by Crippen LogP contribution is 2.34. The highest BCUT2D eigenvalue weighted by atomic mass is 15.2. The van der Waals surface area contributed by atoms with Crippen LogP contribution in [-0.4, -0.2) is 30.1 Å². The van der Waals surface area contributed by atoms with Crippen LogP contribution in [-0.2, 0) is 0 Å². The summed E-state index contributed by atoms with van der Waals surface area (Å²) in [5.74, 6) is 1.39. The topological polar surface area (TPSA) is 29.3 Å². The predicted octanol–water partition coefficient (Wildman–Crippen LogP) is 3.63. The third-order valence-corrected chi connectivity index (χ3v) is 4.61. The van der Waals surface area contributed by atoms with Gasteiger partial charge in [-0.1, -0.05) is 51.1 Å². The van der Waals surface area contributed by atoms with Gasteiger partial charge in [0.25, 0.3) is 0 Å². The third kappa shape index (κ3) is 3.83. The van der Waals surface area contributed by atoms with Crippen LogP contribution >= 0.6 is 0 Å². The van der Waals surface area contributed by atoms with Crippen LogP contribution in [0.5, 0.6) is 0 Å². The molecule has 1 aromatic rings. The fraction of sp³-hybridized carbons (Fsp3) is 0.667. The van der Waals surface area contributed by atoms with Gasteiger partial charge in [0.15, 0.2) is 0 Å². The number of nitrogens with zero attached hydrogens (tertiary/aromatic N) is 1. The maximum absolute atomic E-state index is 6.43. The molecule has 20 heavy (non-hydrogen) atoms. The second-order valence-electron chi connectivity index (χ2n) is 6.63. The van der Waals surface area contributed by atoms with Gasteiger partial charge in [0.2, 0.25) is 0 Å². The largest absolute Gasteiger partial charge is 0.326 e. The Balaban J connectivity index is 2.07. The predicted molar refractivity (Wildman–Crippen MR) is 86.9 cm³/mol.